The van der Waals surface area contributed by atoms with E-state index < -0.39 is 0 Å². The van der Waals surface area contributed by atoms with E-state index in [2.05, 4.69) is 10.3 Å². The van der Waals surface area contributed by atoms with E-state index >= 15 is 0 Å². The Bertz CT molecular complexity index is 382. The summed E-state index contributed by atoms with van der Waals surface area (Å²) in [5, 5.41) is 3.25. The number of nitrogens with zero attached hydrogens (tertiary/aromatic N) is 2. The molecule has 1 heterocycles. The summed E-state index contributed by atoms with van der Waals surface area (Å²) in [5.74, 6) is 0.300. The van der Waals surface area contributed by atoms with Gasteiger partial charge in [0.15, 0.2) is 0 Å². The summed E-state index contributed by atoms with van der Waals surface area (Å²) in [7, 11) is 3.35. The number of nitrogens with one attached hydrogen (secondary N) is 1. The maximum Gasteiger partial charge on any atom is 0.317 e. The molecule has 6 heteroatoms. The van der Waals surface area contributed by atoms with Crippen molar-refractivity contribution in [3.05, 3.63) is 28.5 Å². The molecule has 0 unspecified atom stereocenters. The summed E-state index contributed by atoms with van der Waals surface area (Å²) in [6.07, 6.45) is 3.19. The highest BCUT2D eigenvalue weighted by Crippen LogP contribution is 2.20. The molecule has 0 fully saturated rings. The number of amides is 2. The summed E-state index contributed by atoms with van der Waals surface area (Å²) in [6, 6.07) is -0.166. The van der Waals surface area contributed by atoms with Gasteiger partial charge in [0.2, 0.25) is 0 Å². The third kappa shape index (κ3) is 3.25. The molecule has 0 saturated carbocycles. The number of urea groups is 1. The highest BCUT2D eigenvalue weighted by Gasteiger charge is 2.08. The minimum atomic E-state index is -0.166. The van der Waals surface area contributed by atoms with E-state index in [9.17, 15) is 4.79 Å². The molecule has 88 valence electrons. The molecular formula is C10H13Cl2N3O. The lowest BCUT2D eigenvalue weighted by Gasteiger charge is -2.13. The van der Waals surface area contributed by atoms with Gasteiger partial charge in [0.25, 0.3) is 0 Å². The van der Waals surface area contributed by atoms with Crippen LogP contribution in [0.5, 0.6) is 0 Å². The van der Waals surface area contributed by atoms with Gasteiger partial charge >= 0.3 is 6.03 Å². The zero-order chi connectivity index (χ0) is 12.1. The normalized spacial score (nSPS) is 10.0. The van der Waals surface area contributed by atoms with E-state index in [4.69, 9.17) is 23.2 Å². The van der Waals surface area contributed by atoms with Crippen molar-refractivity contribution >= 4 is 29.2 Å². The SMILES string of the molecule is CN(C)C(=O)NCc1cncc(Cl)c1CCl. The van der Waals surface area contributed by atoms with Gasteiger partial charge in [0.1, 0.15) is 0 Å². The topological polar surface area (TPSA) is 45.2 Å². The molecule has 1 rings (SSSR count). The largest absolute Gasteiger partial charge is 0.334 e. The lowest BCUT2D eigenvalue weighted by molar-refractivity contribution is 0.217. The van der Waals surface area contributed by atoms with Crippen LogP contribution in [-0.2, 0) is 12.4 Å². The van der Waals surface area contributed by atoms with Crippen molar-refractivity contribution in [1.82, 2.24) is 15.2 Å². The van der Waals surface area contributed by atoms with Crippen molar-refractivity contribution in [2.75, 3.05) is 14.1 Å². The molecule has 16 heavy (non-hydrogen) atoms. The lowest BCUT2D eigenvalue weighted by Crippen LogP contribution is -2.34. The Hall–Kier alpha value is -1.000. The van der Waals surface area contributed by atoms with E-state index in [-0.39, 0.29) is 6.03 Å². The summed E-state index contributed by atoms with van der Waals surface area (Å²) >= 11 is 11.7. The Kier molecular flexibility index (Phi) is 4.83. The van der Waals surface area contributed by atoms with Crippen molar-refractivity contribution in [3.8, 4) is 0 Å². The maximum atomic E-state index is 11.3. The van der Waals surface area contributed by atoms with Gasteiger partial charge in [-0.3, -0.25) is 4.98 Å². The van der Waals surface area contributed by atoms with Crippen LogP contribution in [0.25, 0.3) is 0 Å². The lowest BCUT2D eigenvalue weighted by atomic mass is 10.1. The van der Waals surface area contributed by atoms with Gasteiger partial charge in [-0.05, 0) is 11.1 Å². The standard InChI is InChI=1S/C10H13Cl2N3O/c1-15(2)10(16)14-5-7-4-13-6-9(12)8(7)3-11/h4,6H,3,5H2,1-2H3,(H,14,16). The van der Waals surface area contributed by atoms with Gasteiger partial charge in [-0.2, -0.15) is 0 Å². The fourth-order valence-electron chi connectivity index (χ4n) is 1.13. The van der Waals surface area contributed by atoms with Crippen molar-refractivity contribution in [2.45, 2.75) is 12.4 Å². The van der Waals surface area contributed by atoms with Crippen LogP contribution in [0, 0.1) is 0 Å². The zero-order valence-corrected chi connectivity index (χ0v) is 10.6. The first kappa shape index (κ1) is 13.1. The van der Waals surface area contributed by atoms with Crippen molar-refractivity contribution < 1.29 is 4.79 Å². The average Bonchev–Trinajstić information content (AvgIpc) is 2.25. The van der Waals surface area contributed by atoms with E-state index in [1.54, 1.807) is 20.3 Å². The highest BCUT2D eigenvalue weighted by molar-refractivity contribution is 6.32. The Balaban J connectivity index is 2.74. The number of halogens is 2. The molecule has 0 saturated heterocycles. The third-order valence-electron chi connectivity index (χ3n) is 2.06. The molecular weight excluding hydrogens is 249 g/mol. The van der Waals surface area contributed by atoms with Gasteiger partial charge in [0, 0.05) is 38.9 Å². The summed E-state index contributed by atoms with van der Waals surface area (Å²) < 4.78 is 0. The van der Waals surface area contributed by atoms with Crippen LogP contribution in [0.2, 0.25) is 5.02 Å². The minimum Gasteiger partial charge on any atom is -0.334 e. The van der Waals surface area contributed by atoms with Crippen LogP contribution in [0.15, 0.2) is 12.4 Å². The van der Waals surface area contributed by atoms with Crippen LogP contribution >= 0.6 is 23.2 Å². The average molecular weight is 262 g/mol. The number of alkyl halides is 1. The Morgan fingerprint density at radius 1 is 1.50 bits per heavy atom. The van der Waals surface area contributed by atoms with Crippen molar-refractivity contribution in [3.63, 3.8) is 0 Å². The highest BCUT2D eigenvalue weighted by atomic mass is 35.5. The predicted molar refractivity (Wildman–Crippen MR) is 64.7 cm³/mol. The van der Waals surface area contributed by atoms with Gasteiger partial charge < -0.3 is 10.2 Å². The Morgan fingerprint density at radius 3 is 2.75 bits per heavy atom. The monoisotopic (exact) mass is 261 g/mol. The van der Waals surface area contributed by atoms with E-state index in [0.717, 1.165) is 11.1 Å². The van der Waals surface area contributed by atoms with E-state index in [0.29, 0.717) is 17.4 Å². The fourth-order valence-corrected chi connectivity index (χ4v) is 1.76. The molecule has 0 spiro atoms. The van der Waals surface area contributed by atoms with Crippen molar-refractivity contribution in [1.29, 1.82) is 0 Å². The summed E-state index contributed by atoms with van der Waals surface area (Å²) in [6.45, 7) is 0.368. The van der Waals surface area contributed by atoms with Crippen LogP contribution in [-0.4, -0.2) is 30.0 Å². The Labute approximate surface area is 105 Å². The zero-order valence-electron chi connectivity index (χ0n) is 9.13. The molecule has 0 aliphatic heterocycles. The number of carbonyl (C=O) groups is 1. The van der Waals surface area contributed by atoms with Gasteiger partial charge in [0.05, 0.1) is 5.02 Å². The number of pyridine rings is 1. The van der Waals surface area contributed by atoms with E-state index in [1.807, 2.05) is 0 Å². The summed E-state index contributed by atoms with van der Waals surface area (Å²) in [4.78, 5) is 16.7. The van der Waals surface area contributed by atoms with Gasteiger partial charge in [-0.1, -0.05) is 11.6 Å². The molecule has 0 bridgehead atoms. The van der Waals surface area contributed by atoms with Crippen molar-refractivity contribution in [2.24, 2.45) is 0 Å². The number of carbonyl (C=O) groups excluding carboxylic acids is 1. The molecule has 1 N–H and O–H groups in total. The first-order valence-corrected chi connectivity index (χ1v) is 5.60. The molecule has 1 aromatic rings. The molecule has 0 atom stereocenters. The van der Waals surface area contributed by atoms with Crippen LogP contribution in [0.3, 0.4) is 0 Å². The first-order valence-electron chi connectivity index (χ1n) is 4.68. The minimum absolute atomic E-state index is 0.166. The molecule has 0 aliphatic rings. The van der Waals surface area contributed by atoms with Gasteiger partial charge in [-0.15, -0.1) is 11.6 Å². The Morgan fingerprint density at radius 2 is 2.19 bits per heavy atom. The second-order valence-electron chi connectivity index (χ2n) is 3.45. The molecule has 4 nitrogen and oxygen atoms in total. The second kappa shape index (κ2) is 5.92. The predicted octanol–water partition coefficient (Wildman–Crippen LogP) is 2.25. The molecule has 0 aliphatic carbocycles. The van der Waals surface area contributed by atoms with Crippen LogP contribution < -0.4 is 5.32 Å². The molecule has 2 amide bonds. The maximum absolute atomic E-state index is 11.3. The van der Waals surface area contributed by atoms with Gasteiger partial charge in [-0.25, -0.2) is 4.79 Å². The number of rotatable bonds is 3. The smallest absolute Gasteiger partial charge is 0.317 e. The number of aromatic nitrogens is 1. The number of hydrogen-bond donors (Lipinski definition) is 1. The fraction of sp³-hybridized carbons (Fsp3) is 0.400. The second-order valence-corrected chi connectivity index (χ2v) is 4.12. The molecule has 0 aromatic carbocycles. The molecule has 0 radical (unpaired) electrons. The molecule has 1 aromatic heterocycles. The first-order chi connectivity index (χ1) is 7.56. The van der Waals surface area contributed by atoms with Crippen LogP contribution in [0.1, 0.15) is 11.1 Å². The number of hydrogen-bond acceptors (Lipinski definition) is 2. The summed E-state index contributed by atoms with van der Waals surface area (Å²) in [5.41, 5.74) is 1.63. The van der Waals surface area contributed by atoms with Crippen LogP contribution in [0.4, 0.5) is 4.79 Å². The quantitative estimate of drug-likeness (QED) is 0.849. The third-order valence-corrected chi connectivity index (χ3v) is 2.66. The van der Waals surface area contributed by atoms with E-state index in [1.165, 1.54) is 11.1 Å².